The molecule has 0 unspecified atom stereocenters. The van der Waals surface area contributed by atoms with Crippen LogP contribution in [0.5, 0.6) is 0 Å². The minimum atomic E-state index is -0.648. The van der Waals surface area contributed by atoms with E-state index in [1.807, 2.05) is 50.2 Å². The van der Waals surface area contributed by atoms with E-state index < -0.39 is 5.82 Å². The summed E-state index contributed by atoms with van der Waals surface area (Å²) in [6.45, 7) is 1.89. The van der Waals surface area contributed by atoms with Crippen LogP contribution in [-0.4, -0.2) is 29.0 Å². The number of hydrogen-bond acceptors (Lipinski definition) is 5. The fourth-order valence-corrected chi connectivity index (χ4v) is 3.34. The highest BCUT2D eigenvalue weighted by molar-refractivity contribution is 5.91. The summed E-state index contributed by atoms with van der Waals surface area (Å²) < 4.78 is 15.1. The van der Waals surface area contributed by atoms with Crippen molar-refractivity contribution in [1.82, 2.24) is 15.0 Å². The van der Waals surface area contributed by atoms with E-state index in [0.717, 1.165) is 17.1 Å². The van der Waals surface area contributed by atoms with Crippen LogP contribution in [0, 0.1) is 24.1 Å². The summed E-state index contributed by atoms with van der Waals surface area (Å²) in [6, 6.07) is 15.2. The van der Waals surface area contributed by atoms with Gasteiger partial charge >= 0.3 is 0 Å². The molecule has 1 N–H and O–H groups in total. The standard InChI is InChI=1S/C23H18FN5O/c1-13-9-16(11-19(26-13)29(2)3)18-10-14-7-8-20(30)27-23(14)28-22(18)17-6-4-5-15(12-25)21(17)24/h4-11H,1-3H3,(H,27,28,30). The average Bonchev–Trinajstić information content (AvgIpc) is 2.72. The number of nitrogens with one attached hydrogen (secondary N) is 1. The van der Waals surface area contributed by atoms with Gasteiger partial charge in [0.25, 0.3) is 0 Å². The van der Waals surface area contributed by atoms with Gasteiger partial charge in [0.2, 0.25) is 5.56 Å². The summed E-state index contributed by atoms with van der Waals surface area (Å²) in [6.07, 6.45) is 0. The van der Waals surface area contributed by atoms with Crippen LogP contribution in [0.2, 0.25) is 0 Å². The van der Waals surface area contributed by atoms with Crippen molar-refractivity contribution in [1.29, 1.82) is 5.26 Å². The third-order valence-electron chi connectivity index (χ3n) is 4.79. The number of fused-ring (bicyclic) bond motifs is 1. The van der Waals surface area contributed by atoms with Gasteiger partial charge in [0.05, 0.1) is 11.3 Å². The van der Waals surface area contributed by atoms with Crippen molar-refractivity contribution in [2.45, 2.75) is 6.92 Å². The maximum Gasteiger partial charge on any atom is 0.249 e. The van der Waals surface area contributed by atoms with Crippen LogP contribution in [0.4, 0.5) is 10.2 Å². The highest BCUT2D eigenvalue weighted by atomic mass is 19.1. The lowest BCUT2D eigenvalue weighted by Gasteiger charge is -2.16. The number of benzene rings is 1. The van der Waals surface area contributed by atoms with Crippen molar-refractivity contribution in [3.63, 3.8) is 0 Å². The van der Waals surface area contributed by atoms with Gasteiger partial charge in [-0.1, -0.05) is 6.07 Å². The molecular weight excluding hydrogens is 381 g/mol. The van der Waals surface area contributed by atoms with Crippen molar-refractivity contribution in [2.75, 3.05) is 19.0 Å². The average molecular weight is 399 g/mol. The maximum absolute atomic E-state index is 15.1. The normalized spacial score (nSPS) is 10.8. The molecule has 0 amide bonds. The van der Waals surface area contributed by atoms with E-state index in [0.29, 0.717) is 22.3 Å². The quantitative estimate of drug-likeness (QED) is 0.562. The Balaban J connectivity index is 2.09. The van der Waals surface area contributed by atoms with Gasteiger partial charge in [0.15, 0.2) is 0 Å². The summed E-state index contributed by atoms with van der Waals surface area (Å²) in [5.41, 5.74) is 2.81. The van der Waals surface area contributed by atoms with Gasteiger partial charge in [0.1, 0.15) is 23.4 Å². The van der Waals surface area contributed by atoms with Gasteiger partial charge in [-0.25, -0.2) is 14.4 Å². The van der Waals surface area contributed by atoms with Crippen molar-refractivity contribution in [3.05, 3.63) is 76.0 Å². The first kappa shape index (κ1) is 19.3. The number of hydrogen-bond donors (Lipinski definition) is 1. The number of aromatic nitrogens is 3. The molecule has 7 heteroatoms. The summed E-state index contributed by atoms with van der Waals surface area (Å²) in [5.74, 6) is 0.105. The Morgan fingerprint density at radius 3 is 2.60 bits per heavy atom. The monoisotopic (exact) mass is 399 g/mol. The Morgan fingerprint density at radius 1 is 1.07 bits per heavy atom. The van der Waals surface area contributed by atoms with Crippen LogP contribution in [-0.2, 0) is 0 Å². The van der Waals surface area contributed by atoms with Crippen LogP contribution in [0.15, 0.2) is 53.3 Å². The number of halogens is 1. The zero-order valence-electron chi connectivity index (χ0n) is 16.7. The number of pyridine rings is 3. The molecule has 148 valence electrons. The number of nitriles is 1. The minimum Gasteiger partial charge on any atom is -0.363 e. The lowest BCUT2D eigenvalue weighted by Crippen LogP contribution is -2.11. The van der Waals surface area contributed by atoms with Gasteiger partial charge in [-0.3, -0.25) is 4.79 Å². The highest BCUT2D eigenvalue weighted by Gasteiger charge is 2.18. The van der Waals surface area contributed by atoms with Crippen LogP contribution in [0.25, 0.3) is 33.4 Å². The van der Waals surface area contributed by atoms with E-state index in [1.165, 1.54) is 12.1 Å². The number of aromatic amines is 1. The van der Waals surface area contributed by atoms with Gasteiger partial charge in [0, 0.05) is 42.4 Å². The van der Waals surface area contributed by atoms with E-state index in [-0.39, 0.29) is 16.7 Å². The van der Waals surface area contributed by atoms with E-state index in [2.05, 4.69) is 15.0 Å². The SMILES string of the molecule is Cc1cc(-c2cc3ccc(=O)[nH]c3nc2-c2cccc(C#N)c2F)cc(N(C)C)n1. The number of nitrogens with zero attached hydrogens (tertiary/aromatic N) is 4. The molecule has 1 aromatic carbocycles. The van der Waals surface area contributed by atoms with Gasteiger partial charge in [-0.05, 0) is 48.9 Å². The molecule has 0 aliphatic carbocycles. The molecule has 0 fully saturated rings. The first-order valence-electron chi connectivity index (χ1n) is 9.27. The largest absolute Gasteiger partial charge is 0.363 e. The molecule has 3 aromatic heterocycles. The second-order valence-electron chi connectivity index (χ2n) is 7.17. The van der Waals surface area contributed by atoms with E-state index in [4.69, 9.17) is 0 Å². The molecule has 0 radical (unpaired) electrons. The molecule has 30 heavy (non-hydrogen) atoms. The fourth-order valence-electron chi connectivity index (χ4n) is 3.34. The van der Waals surface area contributed by atoms with Crippen molar-refractivity contribution in [2.24, 2.45) is 0 Å². The van der Waals surface area contributed by atoms with E-state index in [1.54, 1.807) is 18.2 Å². The van der Waals surface area contributed by atoms with E-state index in [9.17, 15) is 10.1 Å². The molecule has 0 saturated heterocycles. The summed E-state index contributed by atoms with van der Waals surface area (Å²) in [5, 5.41) is 9.96. The molecule has 4 aromatic rings. The Morgan fingerprint density at radius 2 is 1.87 bits per heavy atom. The second kappa shape index (κ2) is 7.41. The molecule has 0 aliphatic heterocycles. The summed E-state index contributed by atoms with van der Waals surface area (Å²) in [4.78, 5) is 25.5. The zero-order valence-corrected chi connectivity index (χ0v) is 16.7. The molecular formula is C23H18FN5O. The number of rotatable bonds is 3. The molecule has 0 atom stereocenters. The molecule has 4 rings (SSSR count). The van der Waals surface area contributed by atoms with Crippen molar-refractivity contribution >= 4 is 16.9 Å². The third-order valence-corrected chi connectivity index (χ3v) is 4.79. The topological polar surface area (TPSA) is 85.7 Å². The zero-order chi connectivity index (χ0) is 21.4. The van der Waals surface area contributed by atoms with Crippen LogP contribution >= 0.6 is 0 Å². The Kier molecular flexibility index (Phi) is 4.76. The smallest absolute Gasteiger partial charge is 0.249 e. The Hall–Kier alpha value is -4.05. The third kappa shape index (κ3) is 3.40. The Labute approximate surface area is 172 Å². The Bertz CT molecular complexity index is 1380. The van der Waals surface area contributed by atoms with Crippen LogP contribution in [0.1, 0.15) is 11.3 Å². The first-order chi connectivity index (χ1) is 14.4. The maximum atomic E-state index is 15.1. The molecule has 0 spiro atoms. The summed E-state index contributed by atoms with van der Waals surface area (Å²) in [7, 11) is 3.79. The van der Waals surface area contributed by atoms with Gasteiger partial charge in [-0.15, -0.1) is 0 Å². The first-order valence-corrected chi connectivity index (χ1v) is 9.27. The number of anilines is 1. The van der Waals surface area contributed by atoms with Crippen molar-refractivity contribution < 1.29 is 4.39 Å². The van der Waals surface area contributed by atoms with Gasteiger partial charge in [-0.2, -0.15) is 5.26 Å². The number of H-pyrrole nitrogens is 1. The molecule has 0 bridgehead atoms. The predicted octanol–water partition coefficient (Wildman–Crippen LogP) is 4.04. The molecule has 3 heterocycles. The van der Waals surface area contributed by atoms with E-state index >= 15 is 4.39 Å². The molecule has 6 nitrogen and oxygen atoms in total. The summed E-state index contributed by atoms with van der Waals surface area (Å²) >= 11 is 0. The number of aryl methyl sites for hydroxylation is 1. The highest BCUT2D eigenvalue weighted by Crippen LogP contribution is 2.36. The van der Waals surface area contributed by atoms with Crippen LogP contribution < -0.4 is 10.5 Å². The second-order valence-corrected chi connectivity index (χ2v) is 7.17. The van der Waals surface area contributed by atoms with Crippen LogP contribution in [0.3, 0.4) is 0 Å². The molecule has 0 aliphatic rings. The minimum absolute atomic E-state index is 0.0678. The molecule has 0 saturated carbocycles. The fraction of sp³-hybridized carbons (Fsp3) is 0.130. The predicted molar refractivity (Wildman–Crippen MR) is 115 cm³/mol. The lowest BCUT2D eigenvalue weighted by molar-refractivity contribution is 0.627. The van der Waals surface area contributed by atoms with Crippen molar-refractivity contribution in [3.8, 4) is 28.5 Å². The van der Waals surface area contributed by atoms with Gasteiger partial charge < -0.3 is 9.88 Å². The lowest BCUT2D eigenvalue weighted by atomic mass is 9.96.